The third kappa shape index (κ3) is 2.51. The van der Waals surface area contributed by atoms with Gasteiger partial charge in [0.05, 0.1) is 17.6 Å². The zero-order valence-electron chi connectivity index (χ0n) is 10.3. The minimum Gasteiger partial charge on any atom is -0.337 e. The van der Waals surface area contributed by atoms with E-state index in [9.17, 15) is 9.18 Å². The van der Waals surface area contributed by atoms with Gasteiger partial charge in [-0.05, 0) is 37.5 Å². The Kier molecular flexibility index (Phi) is 3.61. The second kappa shape index (κ2) is 5.18. The monoisotopic (exact) mass is 246 g/mol. The average Bonchev–Trinajstić information content (AvgIpc) is 2.38. The Morgan fingerprint density at radius 3 is 3.00 bits per heavy atom. The van der Waals surface area contributed by atoms with Crippen molar-refractivity contribution in [2.45, 2.75) is 19.8 Å². The molecule has 0 aliphatic carbocycles. The van der Waals surface area contributed by atoms with Gasteiger partial charge in [-0.15, -0.1) is 0 Å². The molecule has 0 N–H and O–H groups in total. The summed E-state index contributed by atoms with van der Waals surface area (Å²) in [6.07, 6.45) is 1.62. The van der Waals surface area contributed by atoms with E-state index < -0.39 is 5.82 Å². The van der Waals surface area contributed by atoms with Crippen molar-refractivity contribution in [2.24, 2.45) is 5.92 Å². The Morgan fingerprint density at radius 2 is 2.33 bits per heavy atom. The van der Waals surface area contributed by atoms with Crippen LogP contribution in [0.1, 0.15) is 28.8 Å². The summed E-state index contributed by atoms with van der Waals surface area (Å²) in [6.45, 7) is 2.79. The molecule has 1 amide bonds. The van der Waals surface area contributed by atoms with Gasteiger partial charge in [-0.1, -0.05) is 6.07 Å². The van der Waals surface area contributed by atoms with Gasteiger partial charge in [-0.3, -0.25) is 4.79 Å². The number of carbonyl (C=O) groups is 1. The molecule has 1 aliphatic heterocycles. The Morgan fingerprint density at radius 1 is 1.56 bits per heavy atom. The number of aryl methyl sites for hydroxylation is 1. The summed E-state index contributed by atoms with van der Waals surface area (Å²) >= 11 is 0. The molecule has 0 radical (unpaired) electrons. The first kappa shape index (κ1) is 12.6. The summed E-state index contributed by atoms with van der Waals surface area (Å²) < 4.78 is 13.7. The van der Waals surface area contributed by atoms with Gasteiger partial charge in [0.15, 0.2) is 0 Å². The van der Waals surface area contributed by atoms with Crippen molar-refractivity contribution in [1.29, 1.82) is 5.26 Å². The van der Waals surface area contributed by atoms with E-state index in [1.54, 1.807) is 17.9 Å². The van der Waals surface area contributed by atoms with Crippen molar-refractivity contribution in [3.05, 3.63) is 35.1 Å². The predicted octanol–water partition coefficient (Wildman–Crippen LogP) is 2.51. The van der Waals surface area contributed by atoms with Crippen molar-refractivity contribution < 1.29 is 9.18 Å². The van der Waals surface area contributed by atoms with Crippen LogP contribution in [0.25, 0.3) is 0 Å². The first-order valence-corrected chi connectivity index (χ1v) is 6.07. The van der Waals surface area contributed by atoms with Gasteiger partial charge in [0.2, 0.25) is 0 Å². The third-order valence-corrected chi connectivity index (χ3v) is 3.25. The summed E-state index contributed by atoms with van der Waals surface area (Å²) in [5, 5.41) is 8.89. The molecule has 0 spiro atoms. The van der Waals surface area contributed by atoms with Gasteiger partial charge >= 0.3 is 0 Å². The summed E-state index contributed by atoms with van der Waals surface area (Å²) in [5.74, 6) is -0.928. The Bertz CT molecular complexity index is 507. The van der Waals surface area contributed by atoms with Gasteiger partial charge in [0.1, 0.15) is 5.82 Å². The van der Waals surface area contributed by atoms with Crippen LogP contribution in [0.4, 0.5) is 4.39 Å². The van der Waals surface area contributed by atoms with E-state index in [4.69, 9.17) is 5.26 Å². The van der Waals surface area contributed by atoms with Gasteiger partial charge in [0, 0.05) is 13.1 Å². The molecule has 94 valence electrons. The quantitative estimate of drug-likeness (QED) is 0.764. The number of likely N-dealkylation sites (tertiary alicyclic amines) is 1. The molecule has 1 saturated heterocycles. The fourth-order valence-corrected chi connectivity index (χ4v) is 2.23. The number of benzene rings is 1. The van der Waals surface area contributed by atoms with Crippen LogP contribution in [0, 0.1) is 30.0 Å². The first-order chi connectivity index (χ1) is 8.61. The predicted molar refractivity (Wildman–Crippen MR) is 65.4 cm³/mol. The molecule has 1 heterocycles. The number of rotatable bonds is 1. The Balaban J connectivity index is 2.18. The molecule has 2 rings (SSSR count). The Hall–Kier alpha value is -1.89. The fourth-order valence-electron chi connectivity index (χ4n) is 2.23. The topological polar surface area (TPSA) is 44.1 Å². The Labute approximate surface area is 106 Å². The molecular formula is C14H15FN2O. The van der Waals surface area contributed by atoms with E-state index >= 15 is 0 Å². The molecule has 1 atom stereocenters. The van der Waals surface area contributed by atoms with E-state index in [-0.39, 0.29) is 17.4 Å². The maximum absolute atomic E-state index is 13.7. The van der Waals surface area contributed by atoms with Crippen molar-refractivity contribution in [1.82, 2.24) is 4.90 Å². The fraction of sp³-hybridized carbons (Fsp3) is 0.429. The van der Waals surface area contributed by atoms with Crippen molar-refractivity contribution in [3.63, 3.8) is 0 Å². The molecule has 1 fully saturated rings. The number of nitriles is 1. The summed E-state index contributed by atoms with van der Waals surface area (Å²) in [5.41, 5.74) is 0.886. The number of hydrogen-bond acceptors (Lipinski definition) is 2. The summed E-state index contributed by atoms with van der Waals surface area (Å²) in [6, 6.07) is 6.78. The largest absolute Gasteiger partial charge is 0.337 e. The molecular weight excluding hydrogens is 231 g/mol. The summed E-state index contributed by atoms with van der Waals surface area (Å²) in [4.78, 5) is 13.7. The molecule has 0 aromatic heterocycles. The lowest BCUT2D eigenvalue weighted by Crippen LogP contribution is -2.39. The number of hydrogen-bond donors (Lipinski definition) is 0. The first-order valence-electron chi connectivity index (χ1n) is 6.07. The molecule has 1 unspecified atom stereocenters. The van der Waals surface area contributed by atoms with Crippen LogP contribution >= 0.6 is 0 Å². The minimum atomic E-state index is -0.487. The highest BCUT2D eigenvalue weighted by atomic mass is 19.1. The molecule has 18 heavy (non-hydrogen) atoms. The highest BCUT2D eigenvalue weighted by molar-refractivity contribution is 5.94. The van der Waals surface area contributed by atoms with E-state index in [0.717, 1.165) is 18.4 Å². The van der Waals surface area contributed by atoms with Gasteiger partial charge in [-0.2, -0.15) is 5.26 Å². The number of amides is 1. The number of carbonyl (C=O) groups excluding carboxylic acids is 1. The second-order valence-corrected chi connectivity index (χ2v) is 4.70. The lowest BCUT2D eigenvalue weighted by Gasteiger charge is -2.29. The number of piperidine rings is 1. The van der Waals surface area contributed by atoms with E-state index in [0.29, 0.717) is 13.1 Å². The maximum Gasteiger partial charge on any atom is 0.256 e. The van der Waals surface area contributed by atoms with Gasteiger partial charge in [-0.25, -0.2) is 4.39 Å². The highest BCUT2D eigenvalue weighted by Crippen LogP contribution is 2.19. The van der Waals surface area contributed by atoms with E-state index in [1.807, 2.05) is 0 Å². The van der Waals surface area contributed by atoms with Crippen LogP contribution in [-0.2, 0) is 0 Å². The lowest BCUT2D eigenvalue weighted by molar-refractivity contribution is 0.0694. The third-order valence-electron chi connectivity index (χ3n) is 3.25. The normalized spacial score (nSPS) is 19.4. The molecule has 3 nitrogen and oxygen atoms in total. The average molecular weight is 246 g/mol. The summed E-state index contributed by atoms with van der Waals surface area (Å²) in [7, 11) is 0. The van der Waals surface area contributed by atoms with Gasteiger partial charge < -0.3 is 4.90 Å². The second-order valence-electron chi connectivity index (χ2n) is 4.70. The van der Waals surface area contributed by atoms with Crippen molar-refractivity contribution >= 4 is 5.91 Å². The molecule has 1 aromatic rings. The smallest absolute Gasteiger partial charge is 0.256 e. The van der Waals surface area contributed by atoms with E-state index in [1.165, 1.54) is 12.1 Å². The van der Waals surface area contributed by atoms with Crippen LogP contribution in [0.15, 0.2) is 18.2 Å². The zero-order valence-corrected chi connectivity index (χ0v) is 10.3. The maximum atomic E-state index is 13.7. The number of halogens is 1. The lowest BCUT2D eigenvalue weighted by atomic mass is 9.99. The van der Waals surface area contributed by atoms with Crippen LogP contribution in [0.2, 0.25) is 0 Å². The number of nitrogens with zero attached hydrogens (tertiary/aromatic N) is 2. The van der Waals surface area contributed by atoms with Crippen molar-refractivity contribution in [2.75, 3.05) is 13.1 Å². The molecule has 0 saturated carbocycles. The molecule has 1 aromatic carbocycles. The molecule has 0 bridgehead atoms. The van der Waals surface area contributed by atoms with Gasteiger partial charge in [0.25, 0.3) is 5.91 Å². The van der Waals surface area contributed by atoms with E-state index in [2.05, 4.69) is 6.07 Å². The van der Waals surface area contributed by atoms with Crippen LogP contribution in [0.3, 0.4) is 0 Å². The van der Waals surface area contributed by atoms with Crippen molar-refractivity contribution in [3.8, 4) is 6.07 Å². The SMILES string of the molecule is Cc1ccc(C(=O)N2CCCC(C#N)C2)c(F)c1. The van der Waals surface area contributed by atoms with Crippen LogP contribution in [0.5, 0.6) is 0 Å². The molecule has 4 heteroatoms. The van der Waals surface area contributed by atoms with Crippen LogP contribution < -0.4 is 0 Å². The highest BCUT2D eigenvalue weighted by Gasteiger charge is 2.25. The van der Waals surface area contributed by atoms with Crippen LogP contribution in [-0.4, -0.2) is 23.9 Å². The standard InChI is InChI=1S/C14H15FN2O/c1-10-4-5-12(13(15)7-10)14(18)17-6-2-3-11(8-16)9-17/h4-5,7,11H,2-3,6,9H2,1H3. The molecule has 1 aliphatic rings. The minimum absolute atomic E-state index is 0.0965. The zero-order chi connectivity index (χ0) is 13.1.